The molecule has 22 heavy (non-hydrogen) atoms. The zero-order valence-corrected chi connectivity index (χ0v) is 14.4. The third-order valence-electron chi connectivity index (χ3n) is 2.95. The van der Waals surface area contributed by atoms with Gasteiger partial charge < -0.3 is 9.80 Å². The molecule has 0 fully saturated rings. The second-order valence-corrected chi connectivity index (χ2v) is 5.34. The number of likely N-dealkylation sites (N-methyl/N-ethyl adjacent to an activating group) is 1. The highest BCUT2D eigenvalue weighted by Crippen LogP contribution is 2.17. The van der Waals surface area contributed by atoms with E-state index in [1.54, 1.807) is 23.9 Å². The fourth-order valence-corrected chi connectivity index (χ4v) is 2.06. The van der Waals surface area contributed by atoms with Crippen molar-refractivity contribution in [1.29, 1.82) is 5.26 Å². The van der Waals surface area contributed by atoms with Gasteiger partial charge in [-0.15, -0.1) is 0 Å². The molecule has 0 aliphatic rings. The summed E-state index contributed by atoms with van der Waals surface area (Å²) in [6.07, 6.45) is 3.82. The fourth-order valence-electron chi connectivity index (χ4n) is 1.71. The first kappa shape index (κ1) is 18.0. The van der Waals surface area contributed by atoms with Crippen LogP contribution in [0, 0.1) is 11.5 Å². The maximum atomic E-state index is 12.2. The Morgan fingerprint density at radius 2 is 1.77 bits per heavy atom. The Hall–Kier alpha value is -2.08. The largest absolute Gasteiger partial charge is 0.347 e. The van der Waals surface area contributed by atoms with Crippen molar-refractivity contribution in [1.82, 2.24) is 19.9 Å². The number of anilines is 2. The normalized spacial score (nSPS) is 10.0. The van der Waals surface area contributed by atoms with Gasteiger partial charge in [-0.1, -0.05) is 11.8 Å². The van der Waals surface area contributed by atoms with Crippen molar-refractivity contribution < 1.29 is 4.79 Å². The van der Waals surface area contributed by atoms with Crippen molar-refractivity contribution in [3.05, 3.63) is 0 Å². The average Bonchev–Trinajstić information content (AvgIpc) is 2.53. The van der Waals surface area contributed by atoms with Crippen LogP contribution in [0.2, 0.25) is 0 Å². The number of hydrogen-bond acceptors (Lipinski definition) is 8. The number of hydrogen-bond donors (Lipinski definition) is 0. The van der Waals surface area contributed by atoms with Crippen LogP contribution >= 0.6 is 11.8 Å². The van der Waals surface area contributed by atoms with Gasteiger partial charge in [0.15, 0.2) is 11.3 Å². The number of carbonyl (C=O) groups excluding carboxylic acids is 1. The van der Waals surface area contributed by atoms with Gasteiger partial charge in [0.05, 0.1) is 0 Å². The summed E-state index contributed by atoms with van der Waals surface area (Å²) in [5.74, 6) is 0.500. The number of thioether (sulfide) groups is 1. The molecular weight excluding hydrogens is 302 g/mol. The number of carbonyl (C=O) groups is 1. The molecule has 0 saturated carbocycles. The molecule has 1 rings (SSSR count). The molecule has 0 atom stereocenters. The Kier molecular flexibility index (Phi) is 6.85. The van der Waals surface area contributed by atoms with E-state index in [-0.39, 0.29) is 18.4 Å². The van der Waals surface area contributed by atoms with Crippen LogP contribution in [-0.2, 0) is 4.79 Å². The van der Waals surface area contributed by atoms with Crippen molar-refractivity contribution in [2.45, 2.75) is 19.0 Å². The van der Waals surface area contributed by atoms with Crippen LogP contribution in [0.4, 0.5) is 11.9 Å². The monoisotopic (exact) mass is 323 g/mol. The highest BCUT2D eigenvalue weighted by Gasteiger charge is 2.19. The van der Waals surface area contributed by atoms with Crippen molar-refractivity contribution in [3.8, 4) is 6.19 Å². The molecule has 0 spiro atoms. The summed E-state index contributed by atoms with van der Waals surface area (Å²) in [4.78, 5) is 29.5. The summed E-state index contributed by atoms with van der Waals surface area (Å²) in [6.45, 7) is 4.92. The molecule has 0 aliphatic heterocycles. The number of amides is 1. The van der Waals surface area contributed by atoms with Crippen LogP contribution < -0.4 is 9.80 Å². The molecule has 0 N–H and O–H groups in total. The third-order valence-corrected chi connectivity index (χ3v) is 3.49. The number of nitrogens with zero attached hydrogens (tertiary/aromatic N) is 7. The zero-order chi connectivity index (χ0) is 16.7. The van der Waals surface area contributed by atoms with Gasteiger partial charge in [0.25, 0.3) is 0 Å². The molecule has 1 heterocycles. The Balaban J connectivity index is 3.07. The molecule has 0 bridgehead atoms. The minimum Gasteiger partial charge on any atom is -0.347 e. The second-order valence-electron chi connectivity index (χ2n) is 4.57. The first-order chi connectivity index (χ1) is 10.5. The molecule has 0 aliphatic carbocycles. The third kappa shape index (κ3) is 4.46. The average molecular weight is 323 g/mol. The van der Waals surface area contributed by atoms with Gasteiger partial charge in [-0.2, -0.15) is 20.2 Å². The SMILES string of the molecule is CCN(CC)C(=O)CN(C#N)c1nc(SC)nc(N(C)C)n1. The summed E-state index contributed by atoms with van der Waals surface area (Å²) in [7, 11) is 3.61. The second kappa shape index (κ2) is 8.38. The van der Waals surface area contributed by atoms with Crippen molar-refractivity contribution in [2.24, 2.45) is 0 Å². The lowest BCUT2D eigenvalue weighted by Crippen LogP contribution is -2.39. The van der Waals surface area contributed by atoms with Gasteiger partial charge in [-0.3, -0.25) is 4.79 Å². The van der Waals surface area contributed by atoms with Gasteiger partial charge in [-0.25, -0.2) is 4.90 Å². The van der Waals surface area contributed by atoms with Crippen LogP contribution in [0.25, 0.3) is 0 Å². The van der Waals surface area contributed by atoms with E-state index in [9.17, 15) is 10.1 Å². The van der Waals surface area contributed by atoms with Crippen LogP contribution in [0.3, 0.4) is 0 Å². The highest BCUT2D eigenvalue weighted by atomic mass is 32.2. The fraction of sp³-hybridized carbons (Fsp3) is 0.615. The van der Waals surface area contributed by atoms with Gasteiger partial charge in [0.2, 0.25) is 17.8 Å². The van der Waals surface area contributed by atoms with E-state index in [1.165, 1.54) is 16.7 Å². The predicted molar refractivity (Wildman–Crippen MR) is 86.8 cm³/mol. The van der Waals surface area contributed by atoms with Crippen molar-refractivity contribution in [2.75, 3.05) is 49.8 Å². The van der Waals surface area contributed by atoms with Gasteiger partial charge in [0.1, 0.15) is 6.54 Å². The molecule has 8 nitrogen and oxygen atoms in total. The van der Waals surface area contributed by atoms with E-state index in [0.717, 1.165) is 0 Å². The van der Waals surface area contributed by atoms with E-state index in [2.05, 4.69) is 15.0 Å². The quantitative estimate of drug-likeness (QED) is 0.414. The van der Waals surface area contributed by atoms with Crippen LogP contribution in [0.15, 0.2) is 5.16 Å². The van der Waals surface area contributed by atoms with Crippen LogP contribution in [-0.4, -0.2) is 65.7 Å². The maximum Gasteiger partial charge on any atom is 0.245 e. The van der Waals surface area contributed by atoms with Crippen molar-refractivity contribution >= 4 is 29.6 Å². The number of rotatable bonds is 7. The van der Waals surface area contributed by atoms with E-state index in [4.69, 9.17) is 0 Å². The highest BCUT2D eigenvalue weighted by molar-refractivity contribution is 7.98. The standard InChI is InChI=1S/C13H21N7OS/c1-6-19(7-2)10(21)8-20(9-14)12-15-11(18(3)4)16-13(17-12)22-5/h6-8H2,1-5H3. The molecular formula is C13H21N7OS. The van der Waals surface area contributed by atoms with Crippen molar-refractivity contribution in [3.63, 3.8) is 0 Å². The van der Waals surface area contributed by atoms with E-state index in [0.29, 0.717) is 24.2 Å². The molecule has 0 saturated heterocycles. The molecule has 0 aromatic carbocycles. The Labute approximate surface area is 135 Å². The Morgan fingerprint density at radius 3 is 2.23 bits per heavy atom. The zero-order valence-electron chi connectivity index (χ0n) is 13.6. The molecule has 1 amide bonds. The lowest BCUT2D eigenvalue weighted by Gasteiger charge is -2.22. The van der Waals surface area contributed by atoms with Crippen LogP contribution in [0.1, 0.15) is 13.8 Å². The lowest BCUT2D eigenvalue weighted by molar-refractivity contribution is -0.129. The summed E-state index contributed by atoms with van der Waals surface area (Å²) in [5.41, 5.74) is 0. The minimum absolute atomic E-state index is 0.0805. The lowest BCUT2D eigenvalue weighted by atomic mass is 10.4. The number of nitriles is 1. The van der Waals surface area contributed by atoms with Gasteiger partial charge in [0, 0.05) is 27.2 Å². The van der Waals surface area contributed by atoms with Gasteiger partial charge in [-0.05, 0) is 20.1 Å². The molecule has 1 aromatic heterocycles. The minimum atomic E-state index is -0.135. The molecule has 120 valence electrons. The van der Waals surface area contributed by atoms with E-state index < -0.39 is 0 Å². The number of aromatic nitrogens is 3. The molecule has 9 heteroatoms. The summed E-state index contributed by atoms with van der Waals surface area (Å²) in [5, 5.41) is 9.84. The summed E-state index contributed by atoms with van der Waals surface area (Å²) >= 11 is 1.36. The molecule has 1 aromatic rings. The maximum absolute atomic E-state index is 12.2. The summed E-state index contributed by atoms with van der Waals surface area (Å²) < 4.78 is 0. The first-order valence-electron chi connectivity index (χ1n) is 6.89. The predicted octanol–water partition coefficient (Wildman–Crippen LogP) is 0.815. The Bertz CT molecular complexity index is 554. The summed E-state index contributed by atoms with van der Waals surface area (Å²) in [6, 6.07) is 0. The molecule has 0 unspecified atom stereocenters. The molecule has 0 radical (unpaired) electrons. The Morgan fingerprint density at radius 1 is 1.18 bits per heavy atom. The topological polar surface area (TPSA) is 89.2 Å². The van der Waals surface area contributed by atoms with E-state index in [1.807, 2.05) is 26.3 Å². The smallest absolute Gasteiger partial charge is 0.245 e. The van der Waals surface area contributed by atoms with Crippen LogP contribution in [0.5, 0.6) is 0 Å². The first-order valence-corrected chi connectivity index (χ1v) is 8.11. The van der Waals surface area contributed by atoms with Gasteiger partial charge >= 0.3 is 0 Å². The van der Waals surface area contributed by atoms with E-state index >= 15 is 0 Å².